The number of benzene rings is 1. The van der Waals surface area contributed by atoms with Crippen molar-refractivity contribution >= 4 is 21.9 Å². The van der Waals surface area contributed by atoms with Crippen molar-refractivity contribution in [2.45, 2.75) is 6.10 Å². The maximum absolute atomic E-state index is 11.1. The Hall–Kier alpha value is -0.870. The van der Waals surface area contributed by atoms with Crippen LogP contribution in [-0.4, -0.2) is 23.5 Å². The SMILES string of the molecule is COC(=O)c1ccc(C(O)CBr)cc1. The number of aliphatic hydroxyl groups is 1. The molecular formula is C10H11BrO3. The first-order valence-electron chi connectivity index (χ1n) is 4.11. The minimum Gasteiger partial charge on any atom is -0.465 e. The number of alkyl halides is 1. The topological polar surface area (TPSA) is 46.5 Å². The van der Waals surface area contributed by atoms with E-state index in [0.29, 0.717) is 10.9 Å². The largest absolute Gasteiger partial charge is 0.465 e. The zero-order valence-corrected chi connectivity index (χ0v) is 9.32. The van der Waals surface area contributed by atoms with Crippen molar-refractivity contribution in [3.05, 3.63) is 35.4 Å². The van der Waals surface area contributed by atoms with Gasteiger partial charge in [0.15, 0.2) is 0 Å². The van der Waals surface area contributed by atoms with Crippen LogP contribution in [0.5, 0.6) is 0 Å². The summed E-state index contributed by atoms with van der Waals surface area (Å²) >= 11 is 3.17. The minimum atomic E-state index is -0.540. The van der Waals surface area contributed by atoms with Gasteiger partial charge in [-0.3, -0.25) is 0 Å². The number of hydrogen-bond acceptors (Lipinski definition) is 3. The number of methoxy groups -OCH3 is 1. The quantitative estimate of drug-likeness (QED) is 0.666. The molecule has 1 rings (SSSR count). The van der Waals surface area contributed by atoms with Crippen LogP contribution in [0.15, 0.2) is 24.3 Å². The number of carbonyl (C=O) groups excluding carboxylic acids is 1. The van der Waals surface area contributed by atoms with Gasteiger partial charge in [0.05, 0.1) is 18.8 Å². The van der Waals surface area contributed by atoms with E-state index in [2.05, 4.69) is 20.7 Å². The molecule has 0 bridgehead atoms. The van der Waals surface area contributed by atoms with Gasteiger partial charge in [-0.2, -0.15) is 0 Å². The number of carbonyl (C=O) groups is 1. The molecule has 1 aromatic carbocycles. The predicted molar refractivity (Wildman–Crippen MR) is 56.5 cm³/mol. The molecule has 0 aromatic heterocycles. The Morgan fingerprint density at radius 3 is 2.50 bits per heavy atom. The molecule has 1 unspecified atom stereocenters. The van der Waals surface area contributed by atoms with Gasteiger partial charge in [-0.1, -0.05) is 28.1 Å². The Kier molecular flexibility index (Phi) is 4.10. The maximum Gasteiger partial charge on any atom is 0.337 e. The summed E-state index contributed by atoms with van der Waals surface area (Å²) in [6.45, 7) is 0. The lowest BCUT2D eigenvalue weighted by Crippen LogP contribution is -2.03. The molecular weight excluding hydrogens is 248 g/mol. The maximum atomic E-state index is 11.1. The Labute approximate surface area is 90.8 Å². The highest BCUT2D eigenvalue weighted by molar-refractivity contribution is 9.09. The molecule has 4 heteroatoms. The lowest BCUT2D eigenvalue weighted by molar-refractivity contribution is 0.0600. The highest BCUT2D eigenvalue weighted by Gasteiger charge is 2.08. The minimum absolute atomic E-state index is 0.370. The summed E-state index contributed by atoms with van der Waals surface area (Å²) in [7, 11) is 1.34. The predicted octanol–water partition coefficient (Wildman–Crippen LogP) is 1.90. The Balaban J connectivity index is 2.83. The summed E-state index contributed by atoms with van der Waals surface area (Å²) in [5.74, 6) is -0.370. The van der Waals surface area contributed by atoms with Crippen LogP contribution in [0.2, 0.25) is 0 Å². The summed E-state index contributed by atoms with van der Waals surface area (Å²) in [6, 6.07) is 6.68. The van der Waals surface area contributed by atoms with Crippen molar-refractivity contribution in [3.8, 4) is 0 Å². The van der Waals surface area contributed by atoms with Gasteiger partial charge in [-0.25, -0.2) is 4.79 Å². The standard InChI is InChI=1S/C10H11BrO3/c1-14-10(13)8-4-2-7(3-5-8)9(12)6-11/h2-5,9,12H,6H2,1H3. The number of halogens is 1. The van der Waals surface area contributed by atoms with E-state index >= 15 is 0 Å². The number of rotatable bonds is 3. The summed E-state index contributed by atoms with van der Waals surface area (Å²) in [6.07, 6.45) is -0.540. The van der Waals surface area contributed by atoms with Crippen LogP contribution in [0, 0.1) is 0 Å². The van der Waals surface area contributed by atoms with Crippen molar-refractivity contribution in [2.75, 3.05) is 12.4 Å². The summed E-state index contributed by atoms with van der Waals surface area (Å²) in [5, 5.41) is 9.93. The number of esters is 1. The summed E-state index contributed by atoms with van der Waals surface area (Å²) < 4.78 is 4.55. The second-order valence-corrected chi connectivity index (χ2v) is 3.43. The first-order valence-corrected chi connectivity index (χ1v) is 5.23. The van der Waals surface area contributed by atoms with E-state index in [1.807, 2.05) is 0 Å². The smallest absolute Gasteiger partial charge is 0.337 e. The third-order valence-electron chi connectivity index (χ3n) is 1.86. The van der Waals surface area contributed by atoms with Gasteiger partial charge < -0.3 is 9.84 Å². The van der Waals surface area contributed by atoms with Crippen LogP contribution in [-0.2, 0) is 4.74 Å². The molecule has 0 aliphatic heterocycles. The van der Waals surface area contributed by atoms with E-state index < -0.39 is 6.10 Å². The fraction of sp³-hybridized carbons (Fsp3) is 0.300. The van der Waals surface area contributed by atoms with Crippen molar-refractivity contribution in [1.82, 2.24) is 0 Å². The summed E-state index contributed by atoms with van der Waals surface area (Å²) in [4.78, 5) is 11.1. The second kappa shape index (κ2) is 5.12. The van der Waals surface area contributed by atoms with Crippen LogP contribution < -0.4 is 0 Å². The molecule has 0 saturated heterocycles. The molecule has 76 valence electrons. The van der Waals surface area contributed by atoms with Gasteiger partial charge in [0.25, 0.3) is 0 Å². The van der Waals surface area contributed by atoms with Gasteiger partial charge in [0.2, 0.25) is 0 Å². The molecule has 0 spiro atoms. The number of ether oxygens (including phenoxy) is 1. The van der Waals surface area contributed by atoms with Gasteiger partial charge in [-0.15, -0.1) is 0 Å². The summed E-state index contributed by atoms with van der Waals surface area (Å²) in [5.41, 5.74) is 1.26. The zero-order chi connectivity index (χ0) is 10.6. The van der Waals surface area contributed by atoms with E-state index in [4.69, 9.17) is 0 Å². The fourth-order valence-electron chi connectivity index (χ4n) is 1.05. The van der Waals surface area contributed by atoms with Crippen LogP contribution in [0.4, 0.5) is 0 Å². The monoisotopic (exact) mass is 258 g/mol. The van der Waals surface area contributed by atoms with Crippen LogP contribution >= 0.6 is 15.9 Å². The number of hydrogen-bond donors (Lipinski definition) is 1. The van der Waals surface area contributed by atoms with Crippen LogP contribution in [0.1, 0.15) is 22.0 Å². The van der Waals surface area contributed by atoms with Gasteiger partial charge in [0.1, 0.15) is 0 Å². The lowest BCUT2D eigenvalue weighted by Gasteiger charge is -2.07. The first-order chi connectivity index (χ1) is 6.69. The molecule has 0 heterocycles. The third kappa shape index (κ3) is 2.56. The number of aliphatic hydroxyl groups excluding tert-OH is 1. The molecule has 14 heavy (non-hydrogen) atoms. The van der Waals surface area contributed by atoms with Gasteiger partial charge in [-0.05, 0) is 17.7 Å². The normalized spacial score (nSPS) is 12.2. The van der Waals surface area contributed by atoms with Crippen molar-refractivity contribution < 1.29 is 14.6 Å². The fourth-order valence-corrected chi connectivity index (χ4v) is 1.42. The molecule has 1 N–H and O–H groups in total. The average Bonchev–Trinajstić information content (AvgIpc) is 2.27. The molecule has 3 nitrogen and oxygen atoms in total. The molecule has 1 aromatic rings. The third-order valence-corrected chi connectivity index (χ3v) is 2.48. The van der Waals surface area contributed by atoms with Gasteiger partial charge >= 0.3 is 5.97 Å². The lowest BCUT2D eigenvalue weighted by atomic mass is 10.1. The molecule has 1 atom stereocenters. The second-order valence-electron chi connectivity index (χ2n) is 2.78. The highest BCUT2D eigenvalue weighted by Crippen LogP contribution is 2.15. The van der Waals surface area contributed by atoms with Crippen molar-refractivity contribution in [3.63, 3.8) is 0 Å². The average molecular weight is 259 g/mol. The first kappa shape index (κ1) is 11.2. The van der Waals surface area contributed by atoms with Crippen molar-refractivity contribution in [2.24, 2.45) is 0 Å². The molecule has 0 saturated carbocycles. The Morgan fingerprint density at radius 1 is 1.50 bits per heavy atom. The molecule has 0 radical (unpaired) electrons. The molecule has 0 fully saturated rings. The highest BCUT2D eigenvalue weighted by atomic mass is 79.9. The van der Waals surface area contributed by atoms with Crippen LogP contribution in [0.3, 0.4) is 0 Å². The van der Waals surface area contributed by atoms with E-state index in [1.165, 1.54) is 7.11 Å². The molecule has 0 aliphatic carbocycles. The van der Waals surface area contributed by atoms with Crippen molar-refractivity contribution in [1.29, 1.82) is 0 Å². The molecule has 0 aliphatic rings. The zero-order valence-electron chi connectivity index (χ0n) is 7.74. The van der Waals surface area contributed by atoms with E-state index in [0.717, 1.165) is 5.56 Å². The van der Waals surface area contributed by atoms with E-state index in [-0.39, 0.29) is 5.97 Å². The van der Waals surface area contributed by atoms with Crippen LogP contribution in [0.25, 0.3) is 0 Å². The Bertz CT molecular complexity index is 308. The van der Waals surface area contributed by atoms with E-state index in [9.17, 15) is 9.90 Å². The Morgan fingerprint density at radius 2 is 2.07 bits per heavy atom. The molecule has 0 amide bonds. The van der Waals surface area contributed by atoms with Gasteiger partial charge in [0, 0.05) is 5.33 Å². The van der Waals surface area contributed by atoms with E-state index in [1.54, 1.807) is 24.3 Å².